The molecule has 20 heavy (non-hydrogen) atoms. The Morgan fingerprint density at radius 2 is 2.10 bits per heavy atom. The zero-order valence-corrected chi connectivity index (χ0v) is 11.8. The average molecular weight is 272 g/mol. The Morgan fingerprint density at radius 1 is 1.30 bits per heavy atom. The SMILES string of the molecule is C=CCOc1ccc(CNCc2ncc(CC)o2)cc1. The molecule has 0 aliphatic rings. The minimum atomic E-state index is 0.529. The molecule has 0 amide bonds. The summed E-state index contributed by atoms with van der Waals surface area (Å²) in [4.78, 5) is 4.21. The number of hydrogen-bond donors (Lipinski definition) is 1. The summed E-state index contributed by atoms with van der Waals surface area (Å²) in [5.41, 5.74) is 1.19. The van der Waals surface area contributed by atoms with Crippen molar-refractivity contribution in [3.8, 4) is 5.75 Å². The fourth-order valence-electron chi connectivity index (χ4n) is 1.77. The molecule has 0 spiro atoms. The number of nitrogens with zero attached hydrogens (tertiary/aromatic N) is 1. The van der Waals surface area contributed by atoms with Gasteiger partial charge in [-0.15, -0.1) is 0 Å². The van der Waals surface area contributed by atoms with Crippen molar-refractivity contribution >= 4 is 0 Å². The molecule has 0 radical (unpaired) electrons. The molecule has 0 atom stereocenters. The van der Waals surface area contributed by atoms with Gasteiger partial charge in [-0.05, 0) is 17.7 Å². The Kier molecular flexibility index (Phi) is 5.38. The van der Waals surface area contributed by atoms with Gasteiger partial charge in [0.05, 0.1) is 12.7 Å². The minimum absolute atomic E-state index is 0.529. The van der Waals surface area contributed by atoms with Crippen LogP contribution in [-0.4, -0.2) is 11.6 Å². The number of oxazole rings is 1. The van der Waals surface area contributed by atoms with Crippen molar-refractivity contribution in [3.63, 3.8) is 0 Å². The van der Waals surface area contributed by atoms with Crippen molar-refractivity contribution in [1.82, 2.24) is 10.3 Å². The van der Waals surface area contributed by atoms with E-state index in [0.29, 0.717) is 13.2 Å². The fourth-order valence-corrected chi connectivity index (χ4v) is 1.77. The van der Waals surface area contributed by atoms with Gasteiger partial charge in [0.2, 0.25) is 5.89 Å². The molecule has 4 heteroatoms. The number of nitrogens with one attached hydrogen (secondary N) is 1. The third kappa shape index (κ3) is 4.24. The first-order valence-electron chi connectivity index (χ1n) is 6.78. The zero-order valence-electron chi connectivity index (χ0n) is 11.8. The van der Waals surface area contributed by atoms with Crippen LogP contribution in [0.2, 0.25) is 0 Å². The Morgan fingerprint density at radius 3 is 2.75 bits per heavy atom. The van der Waals surface area contributed by atoms with E-state index in [9.17, 15) is 0 Å². The van der Waals surface area contributed by atoms with E-state index < -0.39 is 0 Å². The first kappa shape index (κ1) is 14.3. The molecule has 1 heterocycles. The van der Waals surface area contributed by atoms with Gasteiger partial charge in [0.25, 0.3) is 0 Å². The number of ether oxygens (including phenoxy) is 1. The van der Waals surface area contributed by atoms with Gasteiger partial charge in [0.1, 0.15) is 18.1 Å². The van der Waals surface area contributed by atoms with E-state index in [2.05, 4.69) is 16.9 Å². The lowest BCUT2D eigenvalue weighted by Gasteiger charge is -2.05. The summed E-state index contributed by atoms with van der Waals surface area (Å²) in [5.74, 6) is 2.51. The number of aromatic nitrogens is 1. The molecule has 0 aliphatic carbocycles. The summed E-state index contributed by atoms with van der Waals surface area (Å²) in [6.07, 6.45) is 4.39. The second-order valence-electron chi connectivity index (χ2n) is 4.42. The largest absolute Gasteiger partial charge is 0.490 e. The first-order valence-corrected chi connectivity index (χ1v) is 6.78. The predicted molar refractivity (Wildman–Crippen MR) is 78.6 cm³/mol. The van der Waals surface area contributed by atoms with Crippen LogP contribution in [0.1, 0.15) is 24.1 Å². The van der Waals surface area contributed by atoms with Crippen molar-refractivity contribution < 1.29 is 9.15 Å². The molecule has 2 rings (SSSR count). The fraction of sp³-hybridized carbons (Fsp3) is 0.312. The molecular weight excluding hydrogens is 252 g/mol. The van der Waals surface area contributed by atoms with Crippen molar-refractivity contribution in [2.75, 3.05) is 6.61 Å². The highest BCUT2D eigenvalue weighted by Crippen LogP contribution is 2.12. The second kappa shape index (κ2) is 7.50. The molecule has 0 saturated heterocycles. The van der Waals surface area contributed by atoms with Gasteiger partial charge in [-0.25, -0.2) is 4.98 Å². The molecule has 1 aromatic heterocycles. The molecule has 0 saturated carbocycles. The van der Waals surface area contributed by atoms with Crippen LogP contribution < -0.4 is 10.1 Å². The monoisotopic (exact) mass is 272 g/mol. The minimum Gasteiger partial charge on any atom is -0.490 e. The molecule has 4 nitrogen and oxygen atoms in total. The van der Waals surface area contributed by atoms with E-state index in [4.69, 9.17) is 9.15 Å². The summed E-state index contributed by atoms with van der Waals surface area (Å²) < 4.78 is 11.0. The normalized spacial score (nSPS) is 10.4. The highest BCUT2D eigenvalue weighted by atomic mass is 16.5. The van der Waals surface area contributed by atoms with E-state index in [1.54, 1.807) is 12.3 Å². The van der Waals surface area contributed by atoms with Gasteiger partial charge in [0, 0.05) is 13.0 Å². The third-order valence-electron chi connectivity index (χ3n) is 2.85. The lowest BCUT2D eigenvalue weighted by atomic mass is 10.2. The van der Waals surface area contributed by atoms with Crippen molar-refractivity contribution in [3.05, 3.63) is 60.3 Å². The van der Waals surface area contributed by atoms with Crippen LogP contribution >= 0.6 is 0 Å². The van der Waals surface area contributed by atoms with E-state index >= 15 is 0 Å². The van der Waals surface area contributed by atoms with Gasteiger partial charge in [0.15, 0.2) is 0 Å². The molecule has 1 aromatic carbocycles. The van der Waals surface area contributed by atoms with Gasteiger partial charge in [-0.3, -0.25) is 0 Å². The summed E-state index contributed by atoms with van der Waals surface area (Å²) in [6, 6.07) is 8.00. The van der Waals surface area contributed by atoms with Crippen molar-refractivity contribution in [2.45, 2.75) is 26.4 Å². The third-order valence-corrected chi connectivity index (χ3v) is 2.85. The van der Waals surface area contributed by atoms with Crippen molar-refractivity contribution in [1.29, 1.82) is 0 Å². The molecule has 106 valence electrons. The van der Waals surface area contributed by atoms with Crippen LogP contribution in [0.3, 0.4) is 0 Å². The number of rotatable bonds is 8. The standard InChI is InChI=1S/C16H20N2O2/c1-3-9-19-15-7-5-13(6-8-15)10-17-12-16-18-11-14(4-2)20-16/h3,5-8,11,17H,1,4,9-10,12H2,2H3. The van der Waals surface area contributed by atoms with Crippen LogP contribution in [-0.2, 0) is 19.5 Å². The molecular formula is C16H20N2O2. The van der Waals surface area contributed by atoms with Crippen LogP contribution in [0.4, 0.5) is 0 Å². The lowest BCUT2D eigenvalue weighted by molar-refractivity contribution is 0.363. The first-order chi connectivity index (χ1) is 9.81. The van der Waals surface area contributed by atoms with E-state index in [0.717, 1.165) is 30.4 Å². The van der Waals surface area contributed by atoms with E-state index in [-0.39, 0.29) is 0 Å². The molecule has 2 aromatic rings. The van der Waals surface area contributed by atoms with Gasteiger partial charge in [-0.1, -0.05) is 31.7 Å². The van der Waals surface area contributed by atoms with Gasteiger partial charge in [-0.2, -0.15) is 0 Å². The highest BCUT2D eigenvalue weighted by molar-refractivity contribution is 5.27. The maximum absolute atomic E-state index is 5.53. The molecule has 0 bridgehead atoms. The molecule has 1 N–H and O–H groups in total. The topological polar surface area (TPSA) is 47.3 Å². The number of benzene rings is 1. The molecule has 0 unspecified atom stereocenters. The summed E-state index contributed by atoms with van der Waals surface area (Å²) in [5, 5.41) is 3.30. The van der Waals surface area contributed by atoms with Crippen LogP contribution in [0.15, 0.2) is 47.5 Å². The molecule has 0 aliphatic heterocycles. The van der Waals surface area contributed by atoms with E-state index in [1.165, 1.54) is 5.56 Å². The van der Waals surface area contributed by atoms with Crippen LogP contribution in [0.5, 0.6) is 5.75 Å². The number of aryl methyl sites for hydroxylation is 1. The van der Waals surface area contributed by atoms with E-state index in [1.807, 2.05) is 31.2 Å². The zero-order chi connectivity index (χ0) is 14.2. The number of hydrogen-bond acceptors (Lipinski definition) is 4. The second-order valence-corrected chi connectivity index (χ2v) is 4.42. The maximum atomic E-state index is 5.53. The summed E-state index contributed by atoms with van der Waals surface area (Å²) in [7, 11) is 0. The Balaban J connectivity index is 1.77. The quantitative estimate of drug-likeness (QED) is 0.750. The van der Waals surface area contributed by atoms with Gasteiger partial charge < -0.3 is 14.5 Å². The van der Waals surface area contributed by atoms with Crippen LogP contribution in [0, 0.1) is 0 Å². The Bertz CT molecular complexity index is 532. The Hall–Kier alpha value is -2.07. The summed E-state index contributed by atoms with van der Waals surface area (Å²) in [6.45, 7) is 7.60. The Labute approximate surface area is 119 Å². The predicted octanol–water partition coefficient (Wildman–Crippen LogP) is 3.09. The van der Waals surface area contributed by atoms with Crippen molar-refractivity contribution in [2.24, 2.45) is 0 Å². The highest BCUT2D eigenvalue weighted by Gasteiger charge is 2.01. The van der Waals surface area contributed by atoms with Gasteiger partial charge >= 0.3 is 0 Å². The average Bonchev–Trinajstić information content (AvgIpc) is 2.94. The maximum Gasteiger partial charge on any atom is 0.208 e. The summed E-state index contributed by atoms with van der Waals surface area (Å²) >= 11 is 0. The smallest absolute Gasteiger partial charge is 0.208 e. The van der Waals surface area contributed by atoms with Crippen LogP contribution in [0.25, 0.3) is 0 Å². The molecule has 0 fully saturated rings. The lowest BCUT2D eigenvalue weighted by Crippen LogP contribution is -2.12.